The lowest BCUT2D eigenvalue weighted by atomic mass is 9.90. The fourth-order valence-electron chi connectivity index (χ4n) is 4.22. The summed E-state index contributed by atoms with van der Waals surface area (Å²) in [5.74, 6) is 0.862. The van der Waals surface area contributed by atoms with Gasteiger partial charge in [0.1, 0.15) is 6.04 Å². The molecule has 41 heavy (non-hydrogen) atoms. The molecule has 1 aromatic heterocycles. The summed E-state index contributed by atoms with van der Waals surface area (Å²) in [7, 11) is 2.10. The van der Waals surface area contributed by atoms with E-state index < -0.39 is 12.1 Å². The Labute approximate surface area is 248 Å². The van der Waals surface area contributed by atoms with Crippen LogP contribution in [0.25, 0.3) is 0 Å². The van der Waals surface area contributed by atoms with E-state index in [9.17, 15) is 9.59 Å². The van der Waals surface area contributed by atoms with Gasteiger partial charge in [-0.25, -0.2) is 9.48 Å². The molecule has 11 nitrogen and oxygen atoms in total. The van der Waals surface area contributed by atoms with E-state index in [4.69, 9.17) is 10.5 Å². The molecule has 3 rings (SSSR count). The van der Waals surface area contributed by atoms with Crippen LogP contribution in [0, 0.1) is 5.92 Å². The number of hydrogen-bond acceptors (Lipinski definition) is 7. The summed E-state index contributed by atoms with van der Waals surface area (Å²) < 4.78 is 7.77. The number of ether oxygens (including phenoxy) is 1. The molecular weight excluding hydrogens is 539 g/mol. The monoisotopic (exact) mass is 592 g/mol. The first-order valence-electron chi connectivity index (χ1n) is 15.1. The maximum Gasteiger partial charge on any atom is 0.314 e. The first kappa shape index (κ1) is 36.4. The second-order valence-electron chi connectivity index (χ2n) is 9.88. The molecule has 2 aromatic rings. The molecule has 5 N–H and O–H groups in total. The van der Waals surface area contributed by atoms with Crippen LogP contribution in [-0.2, 0) is 22.6 Å². The second-order valence-corrected chi connectivity index (χ2v) is 11.3. The van der Waals surface area contributed by atoms with Crippen molar-refractivity contribution in [3.8, 4) is 0 Å². The van der Waals surface area contributed by atoms with Gasteiger partial charge in [0, 0.05) is 26.7 Å². The Morgan fingerprint density at radius 1 is 1.17 bits per heavy atom. The zero-order valence-electron chi connectivity index (χ0n) is 25.9. The number of aromatic nitrogens is 4. The molecule has 1 saturated carbocycles. The molecule has 0 saturated heterocycles. The van der Waals surface area contributed by atoms with Crippen molar-refractivity contribution in [1.82, 2.24) is 36.2 Å². The standard InChI is InChI=1S/C24H39N8O3P.C3H8.C2H6/c1-17(25)23(33)28-20(16-35-15-18-8-4-3-5-9-18)22-29-30-31-32(22)12-13-36-21-11-7-6-10-19(21)14-27-24(34)26-2;1-3-2;1-2/h6-7,10-11,17-18,20,36H,3-5,8-9,12-16,25H2,1-2H3,(H,28,33)(H2,26,27,34);3H2,1-2H3;1-2H3. The van der Waals surface area contributed by atoms with Crippen LogP contribution in [0.3, 0.4) is 0 Å². The number of hydrogen-bond donors (Lipinski definition) is 4. The Kier molecular flexibility index (Phi) is 19.6. The van der Waals surface area contributed by atoms with Crippen LogP contribution in [0.4, 0.5) is 4.79 Å². The van der Waals surface area contributed by atoms with Crippen molar-refractivity contribution in [2.45, 2.75) is 98.3 Å². The van der Waals surface area contributed by atoms with Gasteiger partial charge in [0.2, 0.25) is 5.91 Å². The molecule has 1 aromatic carbocycles. The third-order valence-electron chi connectivity index (χ3n) is 6.29. The molecule has 3 amide bonds. The molecule has 1 fully saturated rings. The minimum atomic E-state index is -0.642. The highest BCUT2D eigenvalue weighted by Crippen LogP contribution is 2.24. The average molecular weight is 593 g/mol. The molecule has 0 aliphatic heterocycles. The van der Waals surface area contributed by atoms with Crippen LogP contribution in [0.5, 0.6) is 0 Å². The molecule has 1 aliphatic rings. The molecule has 3 unspecified atom stereocenters. The van der Waals surface area contributed by atoms with Gasteiger partial charge < -0.3 is 26.4 Å². The topological polar surface area (TPSA) is 149 Å². The predicted octanol–water partition coefficient (Wildman–Crippen LogP) is 3.65. The lowest BCUT2D eigenvalue weighted by Crippen LogP contribution is -2.42. The van der Waals surface area contributed by atoms with Crippen molar-refractivity contribution in [1.29, 1.82) is 0 Å². The number of tetrazole rings is 1. The van der Waals surface area contributed by atoms with Gasteiger partial charge in [-0.3, -0.25) is 4.79 Å². The lowest BCUT2D eigenvalue weighted by molar-refractivity contribution is -0.123. The second kappa shape index (κ2) is 22.0. The summed E-state index contributed by atoms with van der Waals surface area (Å²) in [5, 5.41) is 21.8. The number of nitrogens with two attached hydrogens (primary N) is 1. The van der Waals surface area contributed by atoms with Crippen LogP contribution >= 0.6 is 8.58 Å². The first-order chi connectivity index (χ1) is 19.9. The number of amides is 3. The van der Waals surface area contributed by atoms with E-state index in [2.05, 4.69) is 51.4 Å². The molecule has 0 spiro atoms. The highest BCUT2D eigenvalue weighted by molar-refractivity contribution is 7.47. The molecule has 1 heterocycles. The highest BCUT2D eigenvalue weighted by Gasteiger charge is 2.24. The average Bonchev–Trinajstić information content (AvgIpc) is 3.46. The van der Waals surface area contributed by atoms with Crippen LogP contribution < -0.4 is 27.0 Å². The lowest BCUT2D eigenvalue weighted by Gasteiger charge is -2.24. The predicted molar refractivity (Wildman–Crippen MR) is 168 cm³/mol. The smallest absolute Gasteiger partial charge is 0.314 e. The van der Waals surface area contributed by atoms with Gasteiger partial charge in [-0.1, -0.05) is 86.2 Å². The van der Waals surface area contributed by atoms with Gasteiger partial charge in [-0.05, 0) is 53.1 Å². The third-order valence-corrected chi connectivity index (χ3v) is 7.63. The van der Waals surface area contributed by atoms with Crippen molar-refractivity contribution >= 4 is 25.8 Å². The minimum Gasteiger partial charge on any atom is -0.379 e. The summed E-state index contributed by atoms with van der Waals surface area (Å²) in [5.41, 5.74) is 6.87. The molecule has 0 bridgehead atoms. The fraction of sp³-hybridized carbons (Fsp3) is 0.690. The van der Waals surface area contributed by atoms with Crippen LogP contribution in [0.2, 0.25) is 0 Å². The number of carbonyl (C=O) groups is 2. The van der Waals surface area contributed by atoms with E-state index in [0.29, 0.717) is 46.6 Å². The molecule has 3 atom stereocenters. The summed E-state index contributed by atoms with van der Waals surface area (Å²) >= 11 is 0. The molecule has 232 valence electrons. The Morgan fingerprint density at radius 2 is 1.85 bits per heavy atom. The van der Waals surface area contributed by atoms with Crippen molar-refractivity contribution < 1.29 is 14.3 Å². The summed E-state index contributed by atoms with van der Waals surface area (Å²) in [4.78, 5) is 23.9. The van der Waals surface area contributed by atoms with Gasteiger partial charge in [-0.15, -0.1) is 5.10 Å². The van der Waals surface area contributed by atoms with E-state index in [1.807, 2.05) is 32.0 Å². The van der Waals surface area contributed by atoms with Crippen molar-refractivity contribution in [2.24, 2.45) is 11.7 Å². The largest absolute Gasteiger partial charge is 0.379 e. The van der Waals surface area contributed by atoms with Gasteiger partial charge in [0.15, 0.2) is 5.82 Å². The number of rotatable bonds is 13. The number of aryl methyl sites for hydroxylation is 1. The molecular formula is C29H53N8O3P. The zero-order valence-corrected chi connectivity index (χ0v) is 26.9. The Hall–Kier alpha value is -2.62. The van der Waals surface area contributed by atoms with E-state index >= 15 is 0 Å². The number of carbonyl (C=O) groups excluding carboxylic acids is 2. The highest BCUT2D eigenvalue weighted by atomic mass is 31.1. The van der Waals surface area contributed by atoms with Crippen LogP contribution in [0.1, 0.15) is 90.6 Å². The molecule has 1 aliphatic carbocycles. The molecule has 0 radical (unpaired) electrons. The Balaban J connectivity index is 0.00000157. The van der Waals surface area contributed by atoms with Gasteiger partial charge >= 0.3 is 6.03 Å². The number of urea groups is 1. The quantitative estimate of drug-likeness (QED) is 0.259. The van der Waals surface area contributed by atoms with Gasteiger partial charge in [-0.2, -0.15) is 0 Å². The minimum absolute atomic E-state index is 0.211. The summed E-state index contributed by atoms with van der Waals surface area (Å²) in [6.07, 6.45) is 8.25. The number of nitrogens with one attached hydrogen (secondary N) is 3. The maximum absolute atomic E-state index is 12.4. The zero-order chi connectivity index (χ0) is 30.5. The van der Waals surface area contributed by atoms with E-state index in [-0.39, 0.29) is 11.9 Å². The van der Waals surface area contributed by atoms with Crippen LogP contribution in [-0.4, -0.2) is 64.6 Å². The van der Waals surface area contributed by atoms with E-state index in [1.165, 1.54) is 43.8 Å². The van der Waals surface area contributed by atoms with Crippen molar-refractivity contribution in [3.05, 3.63) is 35.7 Å². The summed E-state index contributed by atoms with van der Waals surface area (Å²) in [6.45, 7) is 11.9. The van der Waals surface area contributed by atoms with E-state index in [1.54, 1.807) is 18.7 Å². The third kappa shape index (κ3) is 14.2. The summed E-state index contributed by atoms with van der Waals surface area (Å²) in [6, 6.07) is 6.72. The van der Waals surface area contributed by atoms with Crippen molar-refractivity contribution in [2.75, 3.05) is 26.4 Å². The van der Waals surface area contributed by atoms with E-state index in [0.717, 1.165) is 11.7 Å². The van der Waals surface area contributed by atoms with Crippen molar-refractivity contribution in [3.63, 3.8) is 0 Å². The Bertz CT molecular complexity index is 982. The first-order valence-corrected chi connectivity index (χ1v) is 16.3. The number of nitrogens with zero attached hydrogens (tertiary/aromatic N) is 4. The van der Waals surface area contributed by atoms with Gasteiger partial charge in [0.05, 0.1) is 12.6 Å². The maximum atomic E-state index is 12.4. The molecule has 12 heteroatoms. The number of benzene rings is 1. The van der Waals surface area contributed by atoms with Crippen LogP contribution in [0.15, 0.2) is 24.3 Å². The normalized spacial score (nSPS) is 14.7. The van der Waals surface area contributed by atoms with Gasteiger partial charge in [0.25, 0.3) is 0 Å². The Morgan fingerprint density at radius 3 is 2.51 bits per heavy atom. The SMILES string of the molecule is CC.CCC.CNC(=O)NCc1ccccc1PCCn1nnnc1C(COCC1CCCCC1)NC(=O)C(C)N. The fourth-order valence-corrected chi connectivity index (χ4v) is 5.42.